The highest BCUT2D eigenvalue weighted by Crippen LogP contribution is 2.13. The van der Waals surface area contributed by atoms with Crippen LogP contribution in [0.4, 0.5) is 4.79 Å². The van der Waals surface area contributed by atoms with Crippen LogP contribution in [0.5, 0.6) is 0 Å². The molecule has 1 aromatic rings. The number of hydrogen-bond acceptors (Lipinski definition) is 3. The summed E-state index contributed by atoms with van der Waals surface area (Å²) in [6.45, 7) is 2.02. The number of benzene rings is 1. The van der Waals surface area contributed by atoms with Gasteiger partial charge in [0.05, 0.1) is 5.75 Å². The van der Waals surface area contributed by atoms with Gasteiger partial charge in [0.25, 0.3) is 0 Å². The quantitative estimate of drug-likeness (QED) is 0.774. The van der Waals surface area contributed by atoms with Crippen LogP contribution in [0.15, 0.2) is 30.3 Å². The summed E-state index contributed by atoms with van der Waals surface area (Å²) in [5.41, 5.74) is 1.04. The second kappa shape index (κ2) is 8.14. The molecule has 0 saturated carbocycles. The summed E-state index contributed by atoms with van der Waals surface area (Å²) in [5.74, 6) is 0.248. The third-order valence-electron chi connectivity index (χ3n) is 3.62. The van der Waals surface area contributed by atoms with Gasteiger partial charge in [-0.1, -0.05) is 30.3 Å². The number of carbonyl (C=O) groups is 1. The molecular weight excluding hydrogens is 302 g/mol. The number of rotatable bonds is 6. The zero-order chi connectivity index (χ0) is 15.8. The Balaban J connectivity index is 1.61. The Morgan fingerprint density at radius 1 is 1.14 bits per heavy atom. The van der Waals surface area contributed by atoms with Gasteiger partial charge >= 0.3 is 6.03 Å². The van der Waals surface area contributed by atoms with Gasteiger partial charge in [0.2, 0.25) is 10.0 Å². The van der Waals surface area contributed by atoms with E-state index in [1.807, 2.05) is 30.3 Å². The zero-order valence-corrected chi connectivity index (χ0v) is 13.4. The lowest BCUT2D eigenvalue weighted by molar-refractivity contribution is 0.240. The van der Waals surface area contributed by atoms with E-state index in [2.05, 4.69) is 10.6 Å². The Labute approximate surface area is 131 Å². The van der Waals surface area contributed by atoms with E-state index in [9.17, 15) is 13.2 Å². The number of carbonyl (C=O) groups excluding carboxylic acids is 1. The fourth-order valence-corrected chi connectivity index (χ4v) is 4.03. The van der Waals surface area contributed by atoms with Crippen LogP contribution in [0.2, 0.25) is 0 Å². The average molecular weight is 325 g/mol. The van der Waals surface area contributed by atoms with Crippen molar-refractivity contribution in [2.45, 2.75) is 25.8 Å². The maximum Gasteiger partial charge on any atom is 0.315 e. The van der Waals surface area contributed by atoms with Crippen molar-refractivity contribution in [3.8, 4) is 0 Å². The number of sulfonamides is 1. The van der Waals surface area contributed by atoms with Crippen LogP contribution < -0.4 is 10.6 Å². The smallest absolute Gasteiger partial charge is 0.315 e. The van der Waals surface area contributed by atoms with Gasteiger partial charge in [-0.3, -0.25) is 0 Å². The molecule has 0 unspecified atom stereocenters. The van der Waals surface area contributed by atoms with Crippen LogP contribution in [0.3, 0.4) is 0 Å². The van der Waals surface area contributed by atoms with Gasteiger partial charge in [-0.25, -0.2) is 17.5 Å². The van der Waals surface area contributed by atoms with E-state index in [0.29, 0.717) is 32.6 Å². The number of nitrogens with one attached hydrogen (secondary N) is 2. The van der Waals surface area contributed by atoms with E-state index in [1.165, 1.54) is 4.31 Å². The molecule has 1 heterocycles. The van der Waals surface area contributed by atoms with E-state index in [0.717, 1.165) is 18.4 Å². The zero-order valence-electron chi connectivity index (χ0n) is 12.6. The topological polar surface area (TPSA) is 78.5 Å². The van der Waals surface area contributed by atoms with Crippen molar-refractivity contribution in [2.24, 2.45) is 0 Å². The van der Waals surface area contributed by atoms with E-state index >= 15 is 0 Å². The highest BCUT2D eigenvalue weighted by molar-refractivity contribution is 7.89. The molecule has 22 heavy (non-hydrogen) atoms. The van der Waals surface area contributed by atoms with Crippen molar-refractivity contribution in [2.75, 3.05) is 25.4 Å². The van der Waals surface area contributed by atoms with Gasteiger partial charge in [0, 0.05) is 26.2 Å². The van der Waals surface area contributed by atoms with Gasteiger partial charge in [0.1, 0.15) is 0 Å². The third-order valence-corrected chi connectivity index (χ3v) is 5.58. The van der Waals surface area contributed by atoms with Crippen molar-refractivity contribution in [1.82, 2.24) is 14.9 Å². The van der Waals surface area contributed by atoms with Gasteiger partial charge in [-0.15, -0.1) is 0 Å². The summed E-state index contributed by atoms with van der Waals surface area (Å²) in [5, 5.41) is 5.52. The average Bonchev–Trinajstić information content (AvgIpc) is 2.51. The van der Waals surface area contributed by atoms with Crippen molar-refractivity contribution < 1.29 is 13.2 Å². The molecule has 122 valence electrons. The second-order valence-electron chi connectivity index (χ2n) is 5.37. The molecule has 2 rings (SSSR count). The minimum atomic E-state index is -3.07. The monoisotopic (exact) mass is 325 g/mol. The molecule has 1 aromatic carbocycles. The summed E-state index contributed by atoms with van der Waals surface area (Å²) in [7, 11) is -3.07. The highest BCUT2D eigenvalue weighted by atomic mass is 32.2. The molecule has 1 fully saturated rings. The number of nitrogens with zero attached hydrogens (tertiary/aromatic N) is 1. The fraction of sp³-hybridized carbons (Fsp3) is 0.533. The summed E-state index contributed by atoms with van der Waals surface area (Å²) < 4.78 is 25.1. The molecule has 0 spiro atoms. The minimum absolute atomic E-state index is 0.231. The lowest BCUT2D eigenvalue weighted by atomic mass is 10.2. The van der Waals surface area contributed by atoms with Crippen LogP contribution in [0.25, 0.3) is 0 Å². The maximum atomic E-state index is 11.8. The molecule has 7 heteroatoms. The molecule has 2 amide bonds. The molecular formula is C15H23N3O3S. The SMILES string of the molecule is O=C(NCCCN1CCCCS1(=O)=O)NCc1ccccc1. The van der Waals surface area contributed by atoms with E-state index in [4.69, 9.17) is 0 Å². The molecule has 2 N–H and O–H groups in total. The molecule has 1 aliphatic heterocycles. The van der Waals surface area contributed by atoms with Gasteiger partial charge in [-0.05, 0) is 24.8 Å². The normalized spacial score (nSPS) is 17.8. The van der Waals surface area contributed by atoms with Gasteiger partial charge < -0.3 is 10.6 Å². The van der Waals surface area contributed by atoms with Crippen LogP contribution >= 0.6 is 0 Å². The Kier molecular flexibility index (Phi) is 6.21. The molecule has 6 nitrogen and oxygen atoms in total. The number of hydrogen-bond donors (Lipinski definition) is 2. The van der Waals surface area contributed by atoms with Crippen LogP contribution in [0.1, 0.15) is 24.8 Å². The summed E-state index contributed by atoms with van der Waals surface area (Å²) in [6, 6.07) is 9.44. The van der Waals surface area contributed by atoms with Crippen molar-refractivity contribution in [3.05, 3.63) is 35.9 Å². The standard InChI is InChI=1S/C15H23N3O3S/c19-15(17-13-14-7-2-1-3-8-14)16-9-6-11-18-10-4-5-12-22(18,20)21/h1-3,7-8H,4-6,9-13H2,(H2,16,17,19). The first-order valence-corrected chi connectivity index (χ1v) is 9.22. The lowest BCUT2D eigenvalue weighted by Gasteiger charge is -2.26. The second-order valence-corrected chi connectivity index (χ2v) is 7.46. The summed E-state index contributed by atoms with van der Waals surface area (Å²) in [6.07, 6.45) is 2.29. The predicted molar refractivity (Wildman–Crippen MR) is 85.9 cm³/mol. The Morgan fingerprint density at radius 2 is 1.91 bits per heavy atom. The largest absolute Gasteiger partial charge is 0.338 e. The van der Waals surface area contributed by atoms with Crippen molar-refractivity contribution in [3.63, 3.8) is 0 Å². The molecule has 0 aromatic heterocycles. The Hall–Kier alpha value is -1.60. The van der Waals surface area contributed by atoms with E-state index in [-0.39, 0.29) is 11.8 Å². The number of amides is 2. The minimum Gasteiger partial charge on any atom is -0.338 e. The molecule has 1 saturated heterocycles. The van der Waals surface area contributed by atoms with Crippen LogP contribution in [-0.4, -0.2) is 44.1 Å². The molecule has 1 aliphatic rings. The van der Waals surface area contributed by atoms with Crippen LogP contribution in [-0.2, 0) is 16.6 Å². The highest BCUT2D eigenvalue weighted by Gasteiger charge is 2.24. The van der Waals surface area contributed by atoms with Crippen molar-refractivity contribution in [1.29, 1.82) is 0 Å². The lowest BCUT2D eigenvalue weighted by Crippen LogP contribution is -2.40. The Morgan fingerprint density at radius 3 is 2.64 bits per heavy atom. The Bertz CT molecular complexity index is 575. The van der Waals surface area contributed by atoms with Gasteiger partial charge in [-0.2, -0.15) is 0 Å². The summed E-state index contributed by atoms with van der Waals surface area (Å²) >= 11 is 0. The van der Waals surface area contributed by atoms with Crippen molar-refractivity contribution >= 4 is 16.1 Å². The molecule has 0 aliphatic carbocycles. The first-order valence-electron chi connectivity index (χ1n) is 7.61. The molecule has 0 radical (unpaired) electrons. The predicted octanol–water partition coefficient (Wildman–Crippen LogP) is 1.30. The third kappa shape index (κ3) is 5.31. The maximum absolute atomic E-state index is 11.8. The summed E-state index contributed by atoms with van der Waals surface area (Å²) in [4.78, 5) is 11.6. The fourth-order valence-electron chi connectivity index (χ4n) is 2.39. The van der Waals surface area contributed by atoms with E-state index in [1.54, 1.807) is 0 Å². The first-order chi connectivity index (χ1) is 10.6. The van der Waals surface area contributed by atoms with E-state index < -0.39 is 10.0 Å². The van der Waals surface area contributed by atoms with Gasteiger partial charge in [0.15, 0.2) is 0 Å². The molecule has 0 atom stereocenters. The molecule has 0 bridgehead atoms. The number of urea groups is 1. The van der Waals surface area contributed by atoms with Crippen LogP contribution in [0, 0.1) is 0 Å². The first kappa shape index (κ1) is 16.8.